The zero-order chi connectivity index (χ0) is 21.5. The van der Waals surface area contributed by atoms with Crippen LogP contribution >= 0.6 is 0 Å². The van der Waals surface area contributed by atoms with Crippen molar-refractivity contribution in [3.05, 3.63) is 70.8 Å². The maximum atomic E-state index is 11.7. The van der Waals surface area contributed by atoms with Crippen LogP contribution in [0.5, 0.6) is 0 Å². The highest BCUT2D eigenvalue weighted by Crippen LogP contribution is 2.35. The molecule has 3 nitrogen and oxygen atoms in total. The van der Waals surface area contributed by atoms with Gasteiger partial charge in [-0.05, 0) is 65.5 Å². The van der Waals surface area contributed by atoms with Crippen LogP contribution in [0.1, 0.15) is 74.1 Å². The van der Waals surface area contributed by atoms with E-state index in [-0.39, 0.29) is 19.2 Å². The SMILES string of the molecule is C=C(C)C(=O)OCCc1cc(-c2ccc(C3CCCCC3)cc2CC)ccc1CO. The molecule has 1 saturated carbocycles. The number of carbonyl (C=O) groups is 1. The number of aliphatic hydroxyl groups excluding tert-OH is 1. The molecule has 0 radical (unpaired) electrons. The molecule has 1 fully saturated rings. The van der Waals surface area contributed by atoms with Crippen LogP contribution in [0.25, 0.3) is 11.1 Å². The Morgan fingerprint density at radius 2 is 1.83 bits per heavy atom. The molecule has 0 amide bonds. The first-order chi connectivity index (χ1) is 14.5. The number of aliphatic hydroxyl groups is 1. The Kier molecular flexibility index (Phi) is 7.87. The molecule has 0 saturated heterocycles. The predicted molar refractivity (Wildman–Crippen MR) is 122 cm³/mol. The summed E-state index contributed by atoms with van der Waals surface area (Å²) in [4.78, 5) is 11.7. The van der Waals surface area contributed by atoms with Gasteiger partial charge in [-0.2, -0.15) is 0 Å². The van der Waals surface area contributed by atoms with E-state index in [0.29, 0.717) is 17.9 Å². The number of esters is 1. The van der Waals surface area contributed by atoms with Gasteiger partial charge in [0.15, 0.2) is 0 Å². The molecule has 0 bridgehead atoms. The summed E-state index contributed by atoms with van der Waals surface area (Å²) in [5.74, 6) is 0.330. The van der Waals surface area contributed by atoms with Gasteiger partial charge in [0.1, 0.15) is 0 Å². The second-order valence-electron chi connectivity index (χ2n) is 8.41. The van der Waals surface area contributed by atoms with E-state index < -0.39 is 0 Å². The van der Waals surface area contributed by atoms with Crippen LogP contribution in [0.3, 0.4) is 0 Å². The van der Waals surface area contributed by atoms with Crippen LogP contribution in [0, 0.1) is 0 Å². The second kappa shape index (κ2) is 10.6. The lowest BCUT2D eigenvalue weighted by molar-refractivity contribution is -0.138. The van der Waals surface area contributed by atoms with Gasteiger partial charge >= 0.3 is 5.97 Å². The molecule has 1 aliphatic carbocycles. The summed E-state index contributed by atoms with van der Waals surface area (Å²) in [5, 5.41) is 9.74. The van der Waals surface area contributed by atoms with Crippen molar-refractivity contribution in [1.82, 2.24) is 0 Å². The zero-order valence-corrected chi connectivity index (χ0v) is 18.4. The minimum atomic E-state index is -0.372. The lowest BCUT2D eigenvalue weighted by Gasteiger charge is -2.23. The maximum absolute atomic E-state index is 11.7. The fraction of sp³-hybridized carbons (Fsp3) is 0.444. The monoisotopic (exact) mass is 406 g/mol. The Labute approximate surface area is 180 Å². The summed E-state index contributed by atoms with van der Waals surface area (Å²) in [6.07, 6.45) is 8.23. The summed E-state index contributed by atoms with van der Waals surface area (Å²) in [5.41, 5.74) is 7.55. The Morgan fingerprint density at radius 1 is 1.07 bits per heavy atom. The number of aryl methyl sites for hydroxylation is 1. The molecule has 0 aliphatic heterocycles. The van der Waals surface area contributed by atoms with Crippen LogP contribution in [0.2, 0.25) is 0 Å². The normalized spacial score (nSPS) is 14.5. The molecular formula is C27H34O3. The van der Waals surface area contributed by atoms with E-state index in [2.05, 4.69) is 43.8 Å². The molecule has 160 valence electrons. The van der Waals surface area contributed by atoms with Crippen molar-refractivity contribution in [2.45, 2.75) is 71.3 Å². The van der Waals surface area contributed by atoms with Gasteiger partial charge < -0.3 is 9.84 Å². The molecule has 3 heteroatoms. The number of benzene rings is 2. The van der Waals surface area contributed by atoms with Crippen molar-refractivity contribution in [1.29, 1.82) is 0 Å². The Balaban J connectivity index is 1.83. The molecule has 0 unspecified atom stereocenters. The highest BCUT2D eigenvalue weighted by Gasteiger charge is 2.17. The first-order valence-corrected chi connectivity index (χ1v) is 11.2. The number of ether oxygens (including phenoxy) is 1. The van der Waals surface area contributed by atoms with E-state index in [0.717, 1.165) is 23.1 Å². The van der Waals surface area contributed by atoms with Gasteiger partial charge in [-0.3, -0.25) is 0 Å². The smallest absolute Gasteiger partial charge is 0.333 e. The minimum Gasteiger partial charge on any atom is -0.462 e. The molecule has 2 aromatic carbocycles. The average molecular weight is 407 g/mol. The number of rotatable bonds is 8. The van der Waals surface area contributed by atoms with Gasteiger partial charge in [-0.25, -0.2) is 4.79 Å². The maximum Gasteiger partial charge on any atom is 0.333 e. The molecule has 2 aromatic rings. The van der Waals surface area contributed by atoms with Gasteiger partial charge in [0.25, 0.3) is 0 Å². The van der Waals surface area contributed by atoms with E-state index in [9.17, 15) is 9.90 Å². The number of hydrogen-bond acceptors (Lipinski definition) is 3. The van der Waals surface area contributed by atoms with Crippen molar-refractivity contribution < 1.29 is 14.6 Å². The van der Waals surface area contributed by atoms with E-state index >= 15 is 0 Å². The lowest BCUT2D eigenvalue weighted by atomic mass is 9.82. The van der Waals surface area contributed by atoms with Crippen molar-refractivity contribution in [3.8, 4) is 11.1 Å². The third-order valence-electron chi connectivity index (χ3n) is 6.23. The average Bonchev–Trinajstić information content (AvgIpc) is 2.79. The highest BCUT2D eigenvalue weighted by molar-refractivity contribution is 5.86. The summed E-state index contributed by atoms with van der Waals surface area (Å²) >= 11 is 0. The number of carbonyl (C=O) groups excluding carboxylic acids is 1. The zero-order valence-electron chi connectivity index (χ0n) is 18.4. The first kappa shape index (κ1) is 22.3. The van der Waals surface area contributed by atoms with E-state index in [1.165, 1.54) is 48.8 Å². The molecule has 3 rings (SSSR count). The molecule has 0 spiro atoms. The van der Waals surface area contributed by atoms with Crippen molar-refractivity contribution >= 4 is 5.97 Å². The van der Waals surface area contributed by atoms with E-state index in [1.54, 1.807) is 6.92 Å². The third kappa shape index (κ3) is 5.40. The van der Waals surface area contributed by atoms with Crippen molar-refractivity contribution in [3.63, 3.8) is 0 Å². The highest BCUT2D eigenvalue weighted by atomic mass is 16.5. The largest absolute Gasteiger partial charge is 0.462 e. The van der Waals surface area contributed by atoms with Crippen LogP contribution in [-0.4, -0.2) is 17.7 Å². The molecule has 0 atom stereocenters. The van der Waals surface area contributed by atoms with Gasteiger partial charge in [0.2, 0.25) is 0 Å². The van der Waals surface area contributed by atoms with Gasteiger partial charge in [0.05, 0.1) is 13.2 Å². The van der Waals surface area contributed by atoms with Crippen LogP contribution < -0.4 is 0 Å². The fourth-order valence-corrected chi connectivity index (χ4v) is 4.43. The van der Waals surface area contributed by atoms with Crippen LogP contribution in [-0.2, 0) is 29.0 Å². The Bertz CT molecular complexity index is 891. The third-order valence-corrected chi connectivity index (χ3v) is 6.23. The molecule has 0 heterocycles. The quantitative estimate of drug-likeness (QED) is 0.424. The topological polar surface area (TPSA) is 46.5 Å². The minimum absolute atomic E-state index is 0.0225. The fourth-order valence-electron chi connectivity index (χ4n) is 4.43. The number of hydrogen-bond donors (Lipinski definition) is 1. The van der Waals surface area contributed by atoms with Gasteiger partial charge in [-0.15, -0.1) is 0 Å². The molecular weight excluding hydrogens is 372 g/mol. The van der Waals surface area contributed by atoms with Gasteiger partial charge in [0, 0.05) is 12.0 Å². The Hall–Kier alpha value is -2.39. The Morgan fingerprint density at radius 3 is 2.50 bits per heavy atom. The summed E-state index contributed by atoms with van der Waals surface area (Å²) < 4.78 is 5.26. The molecule has 0 aromatic heterocycles. The predicted octanol–water partition coefficient (Wildman–Crippen LogP) is 6.12. The standard InChI is InChI=1S/C27H34O3/c1-4-20-16-22(21-8-6-5-7-9-21)12-13-26(20)24-10-11-25(18-28)23(17-24)14-15-30-27(29)19(2)3/h10-13,16-17,21,28H,2,4-9,14-15,18H2,1,3H3. The first-order valence-electron chi connectivity index (χ1n) is 11.2. The summed E-state index contributed by atoms with van der Waals surface area (Å²) in [6.45, 7) is 7.73. The second-order valence-corrected chi connectivity index (χ2v) is 8.41. The molecule has 30 heavy (non-hydrogen) atoms. The van der Waals surface area contributed by atoms with Crippen molar-refractivity contribution in [2.75, 3.05) is 6.61 Å². The van der Waals surface area contributed by atoms with Crippen LogP contribution in [0.4, 0.5) is 0 Å². The lowest BCUT2D eigenvalue weighted by Crippen LogP contribution is -2.09. The van der Waals surface area contributed by atoms with Crippen molar-refractivity contribution in [2.24, 2.45) is 0 Å². The van der Waals surface area contributed by atoms with E-state index in [1.807, 2.05) is 6.07 Å². The van der Waals surface area contributed by atoms with E-state index in [4.69, 9.17) is 4.74 Å². The van der Waals surface area contributed by atoms with Crippen LogP contribution in [0.15, 0.2) is 48.6 Å². The molecule has 1 aliphatic rings. The summed E-state index contributed by atoms with van der Waals surface area (Å²) in [6, 6.07) is 13.2. The summed E-state index contributed by atoms with van der Waals surface area (Å²) in [7, 11) is 0. The molecule has 1 N–H and O–H groups in total. The van der Waals surface area contributed by atoms with Gasteiger partial charge in [-0.1, -0.05) is 69.2 Å².